The van der Waals surface area contributed by atoms with Crippen LogP contribution in [0.5, 0.6) is 0 Å². The standard InChI is InChI=1S/C22H26N4O2/c1-25-14-11-23-21(25)20(18-7-3-2-4-8-18)24-19(27)17-22(9-15-28-16-10-22)26-12-5-6-13-26/h2-8,11-14,20H,9-10,15-17H2,1H3,(H,24,27)/t20-/m0/s1. The van der Waals surface area contributed by atoms with Gasteiger partial charge in [0, 0.05) is 45.0 Å². The molecule has 0 saturated carbocycles. The molecule has 1 saturated heterocycles. The first kappa shape index (κ1) is 18.5. The second kappa shape index (κ2) is 8.02. The van der Waals surface area contributed by atoms with Gasteiger partial charge in [0.1, 0.15) is 11.9 Å². The van der Waals surface area contributed by atoms with Crippen molar-refractivity contribution in [3.63, 3.8) is 0 Å². The monoisotopic (exact) mass is 378 g/mol. The average molecular weight is 378 g/mol. The van der Waals surface area contributed by atoms with E-state index >= 15 is 0 Å². The highest BCUT2D eigenvalue weighted by Crippen LogP contribution is 2.33. The molecule has 1 aliphatic heterocycles. The summed E-state index contributed by atoms with van der Waals surface area (Å²) < 4.78 is 9.70. The summed E-state index contributed by atoms with van der Waals surface area (Å²) >= 11 is 0. The molecule has 1 aliphatic rings. The fourth-order valence-corrected chi connectivity index (χ4v) is 4.04. The van der Waals surface area contributed by atoms with Gasteiger partial charge in [-0.3, -0.25) is 4.79 Å². The lowest BCUT2D eigenvalue weighted by molar-refractivity contribution is -0.125. The van der Waals surface area contributed by atoms with Crippen molar-refractivity contribution in [2.24, 2.45) is 7.05 Å². The van der Waals surface area contributed by atoms with Crippen LogP contribution in [0.4, 0.5) is 0 Å². The second-order valence-corrected chi connectivity index (χ2v) is 7.41. The molecule has 2 aromatic heterocycles. The second-order valence-electron chi connectivity index (χ2n) is 7.41. The molecule has 3 heterocycles. The zero-order chi connectivity index (χ0) is 19.4. The molecule has 28 heavy (non-hydrogen) atoms. The molecular formula is C22H26N4O2. The number of amides is 1. The van der Waals surface area contributed by atoms with Crippen LogP contribution in [0.1, 0.15) is 36.7 Å². The number of aryl methyl sites for hydroxylation is 1. The Morgan fingerprint density at radius 2 is 1.86 bits per heavy atom. The number of carbonyl (C=O) groups excluding carboxylic acids is 1. The minimum atomic E-state index is -0.282. The maximum absolute atomic E-state index is 13.2. The Kier molecular flexibility index (Phi) is 5.30. The zero-order valence-electron chi connectivity index (χ0n) is 16.1. The van der Waals surface area contributed by atoms with Crippen molar-refractivity contribution in [2.45, 2.75) is 30.8 Å². The molecule has 0 aliphatic carbocycles. The van der Waals surface area contributed by atoms with Crippen LogP contribution >= 0.6 is 0 Å². The summed E-state index contributed by atoms with van der Waals surface area (Å²) in [4.78, 5) is 17.7. The van der Waals surface area contributed by atoms with Crippen molar-refractivity contribution in [1.82, 2.24) is 19.4 Å². The number of carbonyl (C=O) groups is 1. The Balaban J connectivity index is 1.58. The number of ether oxygens (including phenoxy) is 1. The van der Waals surface area contributed by atoms with Gasteiger partial charge in [-0.15, -0.1) is 0 Å². The normalized spacial score (nSPS) is 17.2. The minimum Gasteiger partial charge on any atom is -0.381 e. The quantitative estimate of drug-likeness (QED) is 0.717. The number of benzene rings is 1. The van der Waals surface area contributed by atoms with Crippen LogP contribution in [-0.2, 0) is 22.1 Å². The van der Waals surface area contributed by atoms with Gasteiger partial charge >= 0.3 is 0 Å². The van der Waals surface area contributed by atoms with E-state index in [-0.39, 0.29) is 17.5 Å². The Morgan fingerprint density at radius 1 is 1.14 bits per heavy atom. The third-order valence-corrected chi connectivity index (χ3v) is 5.62. The van der Waals surface area contributed by atoms with Crippen molar-refractivity contribution in [1.29, 1.82) is 0 Å². The minimum absolute atomic E-state index is 0.0208. The predicted molar refractivity (Wildman–Crippen MR) is 107 cm³/mol. The highest BCUT2D eigenvalue weighted by atomic mass is 16.5. The van der Waals surface area contributed by atoms with E-state index in [1.807, 2.05) is 72.7 Å². The Bertz CT molecular complexity index is 896. The van der Waals surface area contributed by atoms with Crippen LogP contribution in [0.15, 0.2) is 67.3 Å². The van der Waals surface area contributed by atoms with Crippen molar-refractivity contribution < 1.29 is 9.53 Å². The molecule has 146 valence electrons. The molecule has 0 spiro atoms. The number of imidazole rings is 1. The van der Waals surface area contributed by atoms with Crippen molar-refractivity contribution >= 4 is 5.91 Å². The summed E-state index contributed by atoms with van der Waals surface area (Å²) in [5.41, 5.74) is 0.779. The van der Waals surface area contributed by atoms with E-state index in [4.69, 9.17) is 4.74 Å². The molecule has 1 N–H and O–H groups in total. The summed E-state index contributed by atoms with van der Waals surface area (Å²) in [6.45, 7) is 1.35. The van der Waals surface area contributed by atoms with E-state index in [1.54, 1.807) is 6.20 Å². The van der Waals surface area contributed by atoms with Crippen LogP contribution in [0.3, 0.4) is 0 Å². The summed E-state index contributed by atoms with van der Waals surface area (Å²) in [5.74, 6) is 0.842. The topological polar surface area (TPSA) is 61.1 Å². The number of nitrogens with zero attached hydrogens (tertiary/aromatic N) is 3. The van der Waals surface area contributed by atoms with Crippen LogP contribution in [-0.4, -0.2) is 33.2 Å². The maximum atomic E-state index is 13.2. The lowest BCUT2D eigenvalue weighted by Crippen LogP contribution is -2.44. The van der Waals surface area contributed by atoms with Crippen molar-refractivity contribution in [3.8, 4) is 0 Å². The lowest BCUT2D eigenvalue weighted by atomic mass is 9.85. The third-order valence-electron chi connectivity index (χ3n) is 5.62. The van der Waals surface area contributed by atoms with Crippen LogP contribution in [0, 0.1) is 0 Å². The summed E-state index contributed by atoms with van der Waals surface area (Å²) in [6, 6.07) is 13.7. The SMILES string of the molecule is Cn1ccnc1[C@@H](NC(=O)CC1(n2cccc2)CCOCC1)c1ccccc1. The summed E-state index contributed by atoms with van der Waals surface area (Å²) in [6.07, 6.45) is 9.83. The summed E-state index contributed by atoms with van der Waals surface area (Å²) in [5, 5.41) is 3.23. The lowest BCUT2D eigenvalue weighted by Gasteiger charge is -2.38. The fraction of sp³-hybridized carbons (Fsp3) is 0.364. The van der Waals surface area contributed by atoms with Gasteiger partial charge in [0.25, 0.3) is 0 Å². The molecule has 0 bridgehead atoms. The number of hydrogen-bond acceptors (Lipinski definition) is 3. The number of nitrogens with one attached hydrogen (secondary N) is 1. The fourth-order valence-electron chi connectivity index (χ4n) is 4.04. The number of hydrogen-bond donors (Lipinski definition) is 1. The Labute approximate surface area is 165 Å². The van der Waals surface area contributed by atoms with Gasteiger partial charge in [-0.1, -0.05) is 30.3 Å². The molecular weight excluding hydrogens is 352 g/mol. The van der Waals surface area contributed by atoms with Crippen molar-refractivity contribution in [3.05, 3.63) is 78.6 Å². The van der Waals surface area contributed by atoms with E-state index in [9.17, 15) is 4.79 Å². The van der Waals surface area contributed by atoms with E-state index < -0.39 is 0 Å². The molecule has 1 atom stereocenters. The molecule has 1 amide bonds. The molecule has 0 radical (unpaired) electrons. The van der Waals surface area contributed by atoms with Gasteiger partial charge in [0.2, 0.25) is 5.91 Å². The average Bonchev–Trinajstić information content (AvgIpc) is 3.40. The van der Waals surface area contributed by atoms with Gasteiger partial charge in [-0.25, -0.2) is 4.98 Å². The van der Waals surface area contributed by atoms with E-state index in [2.05, 4.69) is 14.9 Å². The molecule has 6 nitrogen and oxygen atoms in total. The molecule has 0 unspecified atom stereocenters. The maximum Gasteiger partial charge on any atom is 0.223 e. The zero-order valence-corrected chi connectivity index (χ0v) is 16.1. The van der Waals surface area contributed by atoms with Crippen LogP contribution in [0.25, 0.3) is 0 Å². The number of rotatable bonds is 6. The highest BCUT2D eigenvalue weighted by Gasteiger charge is 2.37. The van der Waals surface area contributed by atoms with Gasteiger partial charge in [-0.2, -0.15) is 0 Å². The third kappa shape index (κ3) is 3.73. The summed E-state index contributed by atoms with van der Waals surface area (Å²) in [7, 11) is 1.95. The molecule has 6 heteroatoms. The first-order valence-corrected chi connectivity index (χ1v) is 9.71. The molecule has 4 rings (SSSR count). The van der Waals surface area contributed by atoms with Gasteiger partial charge in [0.05, 0.1) is 12.0 Å². The van der Waals surface area contributed by atoms with Gasteiger partial charge < -0.3 is 19.2 Å². The van der Waals surface area contributed by atoms with Gasteiger partial charge in [0.15, 0.2) is 0 Å². The largest absolute Gasteiger partial charge is 0.381 e. The van der Waals surface area contributed by atoms with Crippen LogP contribution in [0.2, 0.25) is 0 Å². The smallest absolute Gasteiger partial charge is 0.223 e. The number of aromatic nitrogens is 3. The molecule has 1 fully saturated rings. The Morgan fingerprint density at radius 3 is 2.50 bits per heavy atom. The highest BCUT2D eigenvalue weighted by molar-refractivity contribution is 5.78. The van der Waals surface area contributed by atoms with E-state index in [0.717, 1.165) is 24.2 Å². The molecule has 1 aromatic carbocycles. The van der Waals surface area contributed by atoms with E-state index in [1.165, 1.54) is 0 Å². The first-order valence-electron chi connectivity index (χ1n) is 9.71. The van der Waals surface area contributed by atoms with Crippen LogP contribution < -0.4 is 5.32 Å². The van der Waals surface area contributed by atoms with Crippen molar-refractivity contribution in [2.75, 3.05) is 13.2 Å². The van der Waals surface area contributed by atoms with E-state index in [0.29, 0.717) is 19.6 Å². The molecule has 3 aromatic rings. The Hall–Kier alpha value is -2.86. The van der Waals surface area contributed by atoms with Gasteiger partial charge in [-0.05, 0) is 30.5 Å². The predicted octanol–water partition coefficient (Wildman–Crippen LogP) is 3.02. The first-order chi connectivity index (χ1) is 13.7.